The van der Waals surface area contributed by atoms with Gasteiger partial charge in [-0.05, 0) is 54.8 Å². The van der Waals surface area contributed by atoms with Crippen molar-refractivity contribution in [2.75, 3.05) is 10.6 Å². The van der Waals surface area contributed by atoms with Crippen molar-refractivity contribution in [2.24, 2.45) is 0 Å². The lowest BCUT2D eigenvalue weighted by atomic mass is 10.1. The molecule has 0 aromatic heterocycles. The number of hydrogen-bond acceptors (Lipinski definition) is 2. The molecule has 4 heteroatoms. The second kappa shape index (κ2) is 7.64. The van der Waals surface area contributed by atoms with Crippen LogP contribution in [-0.2, 0) is 11.2 Å². The van der Waals surface area contributed by atoms with Crippen LogP contribution in [0.2, 0.25) is 0 Å². The van der Waals surface area contributed by atoms with Gasteiger partial charge in [0, 0.05) is 21.9 Å². The van der Waals surface area contributed by atoms with E-state index in [4.69, 9.17) is 0 Å². The second-order valence-corrected chi connectivity index (χ2v) is 6.97. The lowest BCUT2D eigenvalue weighted by molar-refractivity contribution is -0.115. The van der Waals surface area contributed by atoms with Crippen molar-refractivity contribution in [1.29, 1.82) is 0 Å². The summed E-state index contributed by atoms with van der Waals surface area (Å²) in [5.74, 6) is -0.000368. The van der Waals surface area contributed by atoms with Gasteiger partial charge in [0.2, 0.25) is 5.91 Å². The molecule has 0 atom stereocenters. The van der Waals surface area contributed by atoms with Crippen LogP contribution in [0.3, 0.4) is 0 Å². The number of rotatable bonds is 5. The maximum atomic E-state index is 12.1. The topological polar surface area (TPSA) is 41.1 Å². The quantitative estimate of drug-likeness (QED) is 0.776. The zero-order valence-corrected chi connectivity index (χ0v) is 14.6. The predicted octanol–water partition coefficient (Wildman–Crippen LogP) is 4.98. The Bertz CT molecular complexity index is 663. The fourth-order valence-electron chi connectivity index (χ4n) is 2.99. The van der Waals surface area contributed by atoms with Crippen LogP contribution >= 0.6 is 15.9 Å². The molecule has 1 fully saturated rings. The molecule has 120 valence electrons. The number of carbonyl (C=O) groups is 1. The number of anilines is 2. The van der Waals surface area contributed by atoms with Crippen molar-refractivity contribution in [2.45, 2.75) is 38.1 Å². The molecule has 23 heavy (non-hydrogen) atoms. The summed E-state index contributed by atoms with van der Waals surface area (Å²) < 4.78 is 0.991. The highest BCUT2D eigenvalue weighted by atomic mass is 79.9. The Morgan fingerprint density at radius 2 is 1.74 bits per heavy atom. The van der Waals surface area contributed by atoms with E-state index in [0.717, 1.165) is 21.4 Å². The monoisotopic (exact) mass is 372 g/mol. The Morgan fingerprint density at radius 1 is 1.04 bits per heavy atom. The zero-order valence-electron chi connectivity index (χ0n) is 13.0. The molecule has 3 nitrogen and oxygen atoms in total. The molecule has 0 aliphatic heterocycles. The van der Waals surface area contributed by atoms with Gasteiger partial charge in [0.15, 0.2) is 0 Å². The van der Waals surface area contributed by atoms with Crippen LogP contribution in [0.25, 0.3) is 0 Å². The Hall–Kier alpha value is -1.81. The smallest absolute Gasteiger partial charge is 0.228 e. The van der Waals surface area contributed by atoms with Gasteiger partial charge in [0.1, 0.15) is 0 Å². The summed E-state index contributed by atoms with van der Waals surface area (Å²) in [4.78, 5) is 12.1. The molecule has 0 bridgehead atoms. The van der Waals surface area contributed by atoms with Gasteiger partial charge in [0.05, 0.1) is 6.42 Å². The maximum absolute atomic E-state index is 12.1. The molecule has 2 N–H and O–H groups in total. The third-order valence-corrected chi connectivity index (χ3v) is 4.64. The van der Waals surface area contributed by atoms with E-state index < -0.39 is 0 Å². The van der Waals surface area contributed by atoms with E-state index in [2.05, 4.69) is 26.6 Å². The highest BCUT2D eigenvalue weighted by Gasteiger charge is 2.14. The van der Waals surface area contributed by atoms with Crippen molar-refractivity contribution in [1.82, 2.24) is 0 Å². The molecule has 0 spiro atoms. The molecule has 0 unspecified atom stereocenters. The van der Waals surface area contributed by atoms with Gasteiger partial charge in [-0.2, -0.15) is 0 Å². The molecule has 1 aliphatic carbocycles. The fourth-order valence-corrected chi connectivity index (χ4v) is 3.44. The van der Waals surface area contributed by atoms with Crippen LogP contribution < -0.4 is 10.6 Å². The summed E-state index contributed by atoms with van der Waals surface area (Å²) in [6, 6.07) is 16.4. The lowest BCUT2D eigenvalue weighted by Gasteiger charge is -2.14. The predicted molar refractivity (Wildman–Crippen MR) is 98.8 cm³/mol. The molecule has 1 saturated carbocycles. The van der Waals surface area contributed by atoms with E-state index in [1.54, 1.807) is 0 Å². The molecule has 2 aromatic rings. The number of benzene rings is 2. The molecule has 0 heterocycles. The standard InChI is InChI=1S/C19H21BrN2O/c20-15-5-3-4-14(12-15)13-19(23)22-18-10-8-17(9-11-18)21-16-6-1-2-7-16/h3-5,8-12,16,21H,1-2,6-7,13H2,(H,22,23). The van der Waals surface area contributed by atoms with E-state index in [1.807, 2.05) is 48.5 Å². The largest absolute Gasteiger partial charge is 0.382 e. The summed E-state index contributed by atoms with van der Waals surface area (Å²) in [6.07, 6.45) is 5.53. The summed E-state index contributed by atoms with van der Waals surface area (Å²) in [5.41, 5.74) is 2.96. The van der Waals surface area contributed by atoms with Crippen LogP contribution in [0.4, 0.5) is 11.4 Å². The van der Waals surface area contributed by atoms with Crippen LogP contribution in [0, 0.1) is 0 Å². The van der Waals surface area contributed by atoms with Gasteiger partial charge < -0.3 is 10.6 Å². The highest BCUT2D eigenvalue weighted by molar-refractivity contribution is 9.10. The summed E-state index contributed by atoms with van der Waals surface area (Å²) in [7, 11) is 0. The van der Waals surface area contributed by atoms with E-state index >= 15 is 0 Å². The van der Waals surface area contributed by atoms with Crippen LogP contribution in [-0.4, -0.2) is 11.9 Å². The second-order valence-electron chi connectivity index (χ2n) is 6.06. The van der Waals surface area contributed by atoms with Crippen molar-refractivity contribution in [3.8, 4) is 0 Å². The molecule has 0 saturated heterocycles. The lowest BCUT2D eigenvalue weighted by Crippen LogP contribution is -2.15. The van der Waals surface area contributed by atoms with Crippen LogP contribution in [0.5, 0.6) is 0 Å². The Balaban J connectivity index is 1.54. The van der Waals surface area contributed by atoms with Crippen molar-refractivity contribution < 1.29 is 4.79 Å². The Labute approximate surface area is 145 Å². The third kappa shape index (κ3) is 4.83. The van der Waals surface area contributed by atoms with Crippen molar-refractivity contribution >= 4 is 33.2 Å². The molecule has 3 rings (SSSR count). The minimum Gasteiger partial charge on any atom is -0.382 e. The summed E-state index contributed by atoms with van der Waals surface area (Å²) >= 11 is 3.42. The number of halogens is 1. The van der Waals surface area contributed by atoms with Gasteiger partial charge in [-0.3, -0.25) is 4.79 Å². The van der Waals surface area contributed by atoms with E-state index in [0.29, 0.717) is 12.5 Å². The normalized spacial score (nSPS) is 14.7. The molecule has 1 amide bonds. The van der Waals surface area contributed by atoms with Crippen molar-refractivity contribution in [3.63, 3.8) is 0 Å². The first-order valence-corrected chi connectivity index (χ1v) is 8.89. The average Bonchev–Trinajstić information content (AvgIpc) is 3.02. The molecular weight excluding hydrogens is 352 g/mol. The first-order chi connectivity index (χ1) is 11.2. The zero-order chi connectivity index (χ0) is 16.1. The van der Waals surface area contributed by atoms with E-state index in [-0.39, 0.29) is 5.91 Å². The van der Waals surface area contributed by atoms with Gasteiger partial charge >= 0.3 is 0 Å². The minimum absolute atomic E-state index is 0.000368. The molecule has 1 aliphatic rings. The van der Waals surface area contributed by atoms with Gasteiger partial charge in [-0.15, -0.1) is 0 Å². The first-order valence-electron chi connectivity index (χ1n) is 8.10. The van der Waals surface area contributed by atoms with Crippen LogP contribution in [0.1, 0.15) is 31.2 Å². The highest BCUT2D eigenvalue weighted by Crippen LogP contribution is 2.23. The van der Waals surface area contributed by atoms with E-state index in [9.17, 15) is 4.79 Å². The first kappa shape index (κ1) is 16.1. The number of carbonyl (C=O) groups excluding carboxylic acids is 1. The average molecular weight is 373 g/mol. The molecular formula is C19H21BrN2O. The number of nitrogens with one attached hydrogen (secondary N) is 2. The summed E-state index contributed by atoms with van der Waals surface area (Å²) in [6.45, 7) is 0. The van der Waals surface area contributed by atoms with E-state index in [1.165, 1.54) is 25.7 Å². The maximum Gasteiger partial charge on any atom is 0.228 e. The third-order valence-electron chi connectivity index (χ3n) is 4.15. The van der Waals surface area contributed by atoms with Gasteiger partial charge in [-0.1, -0.05) is 40.9 Å². The van der Waals surface area contributed by atoms with Crippen LogP contribution in [0.15, 0.2) is 53.0 Å². The SMILES string of the molecule is O=C(Cc1cccc(Br)c1)Nc1ccc(NC2CCCC2)cc1. The van der Waals surface area contributed by atoms with Gasteiger partial charge in [0.25, 0.3) is 0 Å². The molecule has 2 aromatic carbocycles. The molecule has 0 radical (unpaired) electrons. The summed E-state index contributed by atoms with van der Waals surface area (Å²) in [5, 5.41) is 6.50. The number of amides is 1. The minimum atomic E-state index is -0.000368. The Morgan fingerprint density at radius 3 is 2.43 bits per heavy atom. The van der Waals surface area contributed by atoms with Crippen molar-refractivity contribution in [3.05, 3.63) is 58.6 Å². The van der Waals surface area contributed by atoms with Gasteiger partial charge in [-0.25, -0.2) is 0 Å². The number of hydrogen-bond donors (Lipinski definition) is 2. The Kier molecular flexibility index (Phi) is 5.34. The fraction of sp³-hybridized carbons (Fsp3) is 0.316.